The van der Waals surface area contributed by atoms with Crippen LogP contribution in [-0.4, -0.2) is 12.3 Å². The van der Waals surface area contributed by atoms with Crippen LogP contribution >= 0.6 is 39.0 Å². The van der Waals surface area contributed by atoms with Crippen molar-refractivity contribution in [3.8, 4) is 0 Å². The molecule has 0 radical (unpaired) electrons. The molecule has 1 nitrogen and oxygen atoms in total. The normalized spacial score (nSPS) is 13.1. The maximum absolute atomic E-state index is 5.77. The summed E-state index contributed by atoms with van der Waals surface area (Å²) >= 11 is 7.24. The second-order valence-electron chi connectivity index (χ2n) is 3.12. The minimum atomic E-state index is 0.484. The quantitative estimate of drug-likeness (QED) is 0.801. The zero-order valence-corrected chi connectivity index (χ0v) is 11.6. The number of hydrogen-bond acceptors (Lipinski definition) is 3. The van der Waals surface area contributed by atoms with Gasteiger partial charge in [0, 0.05) is 21.3 Å². The molecule has 0 amide bonds. The second-order valence-corrected chi connectivity index (χ2v) is 6.29. The van der Waals surface area contributed by atoms with Crippen LogP contribution in [0, 0.1) is 0 Å². The second kappa shape index (κ2) is 6.88. The number of unbranched alkanes of at least 4 members (excludes halogenated alkanes) is 1. The lowest BCUT2D eigenvalue weighted by Crippen LogP contribution is -2.08. The third-order valence-electron chi connectivity index (χ3n) is 1.94. The van der Waals surface area contributed by atoms with Gasteiger partial charge in [-0.3, -0.25) is 0 Å². The van der Waals surface area contributed by atoms with Crippen LogP contribution in [0.15, 0.2) is 15.9 Å². The fourth-order valence-corrected chi connectivity index (χ4v) is 4.05. The monoisotopic (exact) mass is 293 g/mol. The average Bonchev–Trinajstić information content (AvgIpc) is 2.60. The Morgan fingerprint density at radius 2 is 2.43 bits per heavy atom. The molecule has 1 heterocycles. The summed E-state index contributed by atoms with van der Waals surface area (Å²) in [5, 5.41) is 2.61. The van der Waals surface area contributed by atoms with Gasteiger partial charge in [-0.1, -0.05) is 13.3 Å². The van der Waals surface area contributed by atoms with E-state index in [1.54, 1.807) is 11.3 Å². The Kier molecular flexibility index (Phi) is 6.17. The largest absolute Gasteiger partial charge is 0.329 e. The molecule has 14 heavy (non-hydrogen) atoms. The highest BCUT2D eigenvalue weighted by Gasteiger charge is 2.11. The van der Waals surface area contributed by atoms with E-state index >= 15 is 0 Å². The summed E-state index contributed by atoms with van der Waals surface area (Å²) in [5.74, 6) is 1.22. The maximum Gasteiger partial charge on any atom is 0.0513 e. The highest BCUT2D eigenvalue weighted by molar-refractivity contribution is 9.10. The molecule has 2 N–H and O–H groups in total. The molecule has 0 aliphatic carbocycles. The van der Waals surface area contributed by atoms with Crippen molar-refractivity contribution in [2.45, 2.75) is 25.0 Å². The number of thioether (sulfide) groups is 1. The van der Waals surface area contributed by atoms with Crippen molar-refractivity contribution < 1.29 is 0 Å². The topological polar surface area (TPSA) is 26.0 Å². The van der Waals surface area contributed by atoms with E-state index in [2.05, 4.69) is 34.3 Å². The lowest BCUT2D eigenvalue weighted by atomic mass is 10.3. The van der Waals surface area contributed by atoms with Crippen molar-refractivity contribution in [2.24, 2.45) is 5.73 Å². The van der Waals surface area contributed by atoms with Gasteiger partial charge in [0.05, 0.1) is 5.25 Å². The van der Waals surface area contributed by atoms with Gasteiger partial charge in [-0.2, -0.15) is 11.8 Å². The van der Waals surface area contributed by atoms with E-state index in [9.17, 15) is 0 Å². The van der Waals surface area contributed by atoms with Gasteiger partial charge >= 0.3 is 0 Å². The van der Waals surface area contributed by atoms with Crippen LogP contribution in [-0.2, 0) is 0 Å². The summed E-state index contributed by atoms with van der Waals surface area (Å²) in [6, 6.07) is 2.18. The molecular formula is C10H16BrNS2. The molecular weight excluding hydrogens is 278 g/mol. The van der Waals surface area contributed by atoms with Crippen LogP contribution in [0.1, 0.15) is 29.9 Å². The maximum atomic E-state index is 5.77. The molecule has 0 aromatic carbocycles. The molecule has 1 unspecified atom stereocenters. The summed E-state index contributed by atoms with van der Waals surface area (Å²) in [4.78, 5) is 1.39. The van der Waals surface area contributed by atoms with Gasteiger partial charge in [-0.15, -0.1) is 11.3 Å². The number of rotatable bonds is 6. The standard InChI is InChI=1S/C10H16BrNS2/c1-2-3-4-13-10(6-12)9-5-8(11)7-14-9/h5,7,10H,2-4,6,12H2,1H3. The summed E-state index contributed by atoms with van der Waals surface area (Å²) in [7, 11) is 0. The molecule has 1 atom stereocenters. The van der Waals surface area contributed by atoms with Crippen molar-refractivity contribution >= 4 is 39.0 Å². The lowest BCUT2D eigenvalue weighted by Gasteiger charge is -2.11. The Balaban J connectivity index is 2.45. The Hall–Kier alpha value is 0.490. The molecule has 1 rings (SSSR count). The SMILES string of the molecule is CCCCSC(CN)c1cc(Br)cs1. The Bertz CT molecular complexity index is 262. The zero-order chi connectivity index (χ0) is 10.4. The van der Waals surface area contributed by atoms with Crippen molar-refractivity contribution in [3.63, 3.8) is 0 Å². The zero-order valence-electron chi connectivity index (χ0n) is 8.33. The average molecular weight is 294 g/mol. The van der Waals surface area contributed by atoms with Gasteiger partial charge < -0.3 is 5.73 Å². The summed E-state index contributed by atoms with van der Waals surface area (Å²) < 4.78 is 1.17. The summed E-state index contributed by atoms with van der Waals surface area (Å²) in [6.07, 6.45) is 2.55. The van der Waals surface area contributed by atoms with Crippen LogP contribution < -0.4 is 5.73 Å². The fraction of sp³-hybridized carbons (Fsp3) is 0.600. The van der Waals surface area contributed by atoms with Crippen molar-refractivity contribution in [2.75, 3.05) is 12.3 Å². The molecule has 0 spiro atoms. The van der Waals surface area contributed by atoms with E-state index in [0.29, 0.717) is 5.25 Å². The molecule has 0 aliphatic rings. The molecule has 1 aromatic heterocycles. The molecule has 4 heteroatoms. The van der Waals surface area contributed by atoms with Gasteiger partial charge in [0.25, 0.3) is 0 Å². The van der Waals surface area contributed by atoms with Gasteiger partial charge in [-0.25, -0.2) is 0 Å². The minimum Gasteiger partial charge on any atom is -0.329 e. The summed E-state index contributed by atoms with van der Waals surface area (Å²) in [5.41, 5.74) is 5.77. The molecule has 80 valence electrons. The van der Waals surface area contributed by atoms with Crippen LogP contribution in [0.2, 0.25) is 0 Å². The smallest absolute Gasteiger partial charge is 0.0513 e. The molecule has 0 saturated heterocycles. The highest BCUT2D eigenvalue weighted by atomic mass is 79.9. The third kappa shape index (κ3) is 3.93. The number of halogens is 1. The molecule has 0 bridgehead atoms. The first-order valence-electron chi connectivity index (χ1n) is 4.83. The van der Waals surface area contributed by atoms with Crippen LogP contribution in [0.4, 0.5) is 0 Å². The molecule has 0 saturated carbocycles. The minimum absolute atomic E-state index is 0.484. The van der Waals surface area contributed by atoms with Crippen LogP contribution in [0.3, 0.4) is 0 Å². The fourth-order valence-electron chi connectivity index (χ4n) is 1.13. The first kappa shape index (κ1) is 12.6. The van der Waals surface area contributed by atoms with E-state index in [0.717, 1.165) is 6.54 Å². The first-order valence-corrected chi connectivity index (χ1v) is 7.55. The molecule has 0 fully saturated rings. The Morgan fingerprint density at radius 3 is 2.93 bits per heavy atom. The highest BCUT2D eigenvalue weighted by Crippen LogP contribution is 2.34. The Morgan fingerprint density at radius 1 is 1.64 bits per heavy atom. The summed E-state index contributed by atoms with van der Waals surface area (Å²) in [6.45, 7) is 2.96. The third-order valence-corrected chi connectivity index (χ3v) is 5.27. The Labute approximate surface area is 103 Å². The number of nitrogens with two attached hydrogens (primary N) is 1. The number of hydrogen-bond donors (Lipinski definition) is 1. The first-order chi connectivity index (χ1) is 6.77. The van der Waals surface area contributed by atoms with Gasteiger partial charge in [0.15, 0.2) is 0 Å². The van der Waals surface area contributed by atoms with Gasteiger partial charge in [0.2, 0.25) is 0 Å². The number of thiophene rings is 1. The van der Waals surface area contributed by atoms with Gasteiger partial charge in [-0.05, 0) is 34.2 Å². The van der Waals surface area contributed by atoms with Crippen molar-refractivity contribution in [1.29, 1.82) is 0 Å². The van der Waals surface area contributed by atoms with Crippen molar-refractivity contribution in [3.05, 3.63) is 20.8 Å². The predicted molar refractivity (Wildman–Crippen MR) is 71.2 cm³/mol. The van der Waals surface area contributed by atoms with E-state index in [1.807, 2.05) is 11.8 Å². The predicted octanol–water partition coefficient (Wildman–Crippen LogP) is 4.04. The van der Waals surface area contributed by atoms with E-state index in [-0.39, 0.29) is 0 Å². The van der Waals surface area contributed by atoms with E-state index in [1.165, 1.54) is 27.9 Å². The van der Waals surface area contributed by atoms with Crippen LogP contribution in [0.25, 0.3) is 0 Å². The van der Waals surface area contributed by atoms with Crippen molar-refractivity contribution in [1.82, 2.24) is 0 Å². The lowest BCUT2D eigenvalue weighted by molar-refractivity contribution is 0.886. The van der Waals surface area contributed by atoms with E-state index < -0.39 is 0 Å². The van der Waals surface area contributed by atoms with Crippen LogP contribution in [0.5, 0.6) is 0 Å². The molecule has 1 aromatic rings. The van der Waals surface area contributed by atoms with E-state index in [4.69, 9.17) is 5.73 Å². The molecule has 0 aliphatic heterocycles. The van der Waals surface area contributed by atoms with Gasteiger partial charge in [0.1, 0.15) is 0 Å².